The van der Waals surface area contributed by atoms with Crippen LogP contribution in [0.2, 0.25) is 13.1 Å². The fraction of sp³-hybridized carbons (Fsp3) is 0.556. The van der Waals surface area contributed by atoms with Crippen LogP contribution in [0.25, 0.3) is 11.1 Å². The molecular weight excluding hydrogens is 623 g/mol. The van der Waals surface area contributed by atoms with Crippen LogP contribution in [-0.4, -0.2) is 5.92 Å². The summed E-state index contributed by atoms with van der Waals surface area (Å²) in [7, 11) is 17.2. The molecule has 2 unspecified atom stereocenters. The maximum absolute atomic E-state index is 8.59. The van der Waals surface area contributed by atoms with Gasteiger partial charge in [0.2, 0.25) is 0 Å². The van der Waals surface area contributed by atoms with Crippen LogP contribution in [0.1, 0.15) is 132 Å². The van der Waals surface area contributed by atoms with Gasteiger partial charge in [-0.25, -0.2) is 0 Å². The Morgan fingerprint density at radius 1 is 0.625 bits per heavy atom. The molecule has 0 nitrogen and oxygen atoms in total. The summed E-state index contributed by atoms with van der Waals surface area (Å²) in [5.74, 6) is -1.53. The number of hydrogen-bond acceptors (Lipinski definition) is 0. The number of fused-ring (bicyclic) bond motifs is 2. The van der Waals surface area contributed by atoms with Crippen LogP contribution in [0, 0.1) is 13.8 Å². The molecule has 2 aromatic carbocycles. The van der Waals surface area contributed by atoms with Gasteiger partial charge >= 0.3 is 257 Å². The Bertz CT molecular complexity index is 1270. The van der Waals surface area contributed by atoms with E-state index in [4.69, 9.17) is 17.0 Å². The van der Waals surface area contributed by atoms with Crippen molar-refractivity contribution < 1.29 is 15.6 Å². The summed E-state index contributed by atoms with van der Waals surface area (Å²) in [5.41, 5.74) is 17.6. The third kappa shape index (κ3) is 5.08. The molecule has 219 valence electrons. The molecule has 0 bridgehead atoms. The third-order valence-electron chi connectivity index (χ3n) is 10.8. The van der Waals surface area contributed by atoms with Gasteiger partial charge in [-0.15, -0.1) is 0 Å². The monoisotopic (exact) mass is 673 g/mol. The van der Waals surface area contributed by atoms with E-state index in [0.717, 1.165) is 12.8 Å². The van der Waals surface area contributed by atoms with Crippen LogP contribution in [0.3, 0.4) is 0 Å². The van der Waals surface area contributed by atoms with Crippen molar-refractivity contribution in [1.82, 2.24) is 0 Å². The number of halogens is 2. The summed E-state index contributed by atoms with van der Waals surface area (Å²) < 4.78 is 0.388. The number of benzene rings is 2. The average Bonchev–Trinajstić information content (AvgIpc) is 3.35. The quantitative estimate of drug-likeness (QED) is 0.164. The van der Waals surface area contributed by atoms with Crippen LogP contribution in [0.4, 0.5) is 0 Å². The van der Waals surface area contributed by atoms with Crippen molar-refractivity contribution in [2.75, 3.05) is 0 Å². The first-order valence-corrected chi connectivity index (χ1v) is 32.3. The number of unbranched alkanes of at least 4 members (excludes halogenated alkanes) is 4. The standard InChI is InChI=1S/2C17H23.C2H7Si.2ClH.Zr/c2*1-5-6-7-8-15-10-9-12(2)16-11-13(3)14(4)17(15)16;1-3-2;;;/h2*9-11H,5-8H2,1-4H3;3H,1-2H3;2*1H;/q;;;;;+2/p-2. The van der Waals surface area contributed by atoms with Crippen LogP contribution in [0.5, 0.6) is 0 Å². The number of allylic oxidation sites excluding steroid dienone is 4. The van der Waals surface area contributed by atoms with Crippen LogP contribution in [0.15, 0.2) is 35.4 Å². The summed E-state index contributed by atoms with van der Waals surface area (Å²) >= 11 is -4.67. The van der Waals surface area contributed by atoms with E-state index in [0.29, 0.717) is 0 Å². The van der Waals surface area contributed by atoms with Gasteiger partial charge in [0.1, 0.15) is 0 Å². The molecule has 0 saturated heterocycles. The average molecular weight is 676 g/mol. The first-order valence-electron chi connectivity index (χ1n) is 16.0. The molecule has 0 aromatic heterocycles. The molecule has 0 saturated carbocycles. The minimum absolute atomic E-state index is 0.194. The van der Waals surface area contributed by atoms with E-state index in [2.05, 4.69) is 92.7 Å². The predicted octanol–water partition coefficient (Wildman–Crippen LogP) is 12.1. The molecule has 2 atom stereocenters. The van der Waals surface area contributed by atoms with E-state index in [1.165, 1.54) is 105 Å². The molecule has 2 aliphatic rings. The third-order valence-corrected chi connectivity index (χ3v) is 62.8. The number of rotatable bonds is 11. The predicted molar refractivity (Wildman–Crippen MR) is 181 cm³/mol. The van der Waals surface area contributed by atoms with Crippen molar-refractivity contribution in [2.24, 2.45) is 0 Å². The van der Waals surface area contributed by atoms with Crippen LogP contribution < -0.4 is 0 Å². The molecule has 40 heavy (non-hydrogen) atoms. The van der Waals surface area contributed by atoms with Gasteiger partial charge < -0.3 is 0 Å². The zero-order valence-electron chi connectivity index (χ0n) is 27.0. The van der Waals surface area contributed by atoms with E-state index in [-0.39, 0.29) is 7.25 Å². The van der Waals surface area contributed by atoms with Gasteiger partial charge in [0, 0.05) is 0 Å². The maximum atomic E-state index is 8.59. The van der Waals surface area contributed by atoms with Gasteiger partial charge in [0.05, 0.1) is 0 Å². The second kappa shape index (κ2) is 12.3. The second-order valence-electron chi connectivity index (χ2n) is 13.4. The van der Waals surface area contributed by atoms with Gasteiger partial charge in [-0.05, 0) is 0 Å². The van der Waals surface area contributed by atoms with E-state index < -0.39 is 21.5 Å². The Morgan fingerprint density at radius 2 is 1.00 bits per heavy atom. The Labute approximate surface area is 254 Å². The molecule has 2 aliphatic carbocycles. The normalized spacial score (nSPS) is 19.9. The molecule has 2 aromatic rings. The molecule has 0 aliphatic heterocycles. The van der Waals surface area contributed by atoms with E-state index >= 15 is 0 Å². The van der Waals surface area contributed by atoms with E-state index in [1.807, 2.05) is 0 Å². The van der Waals surface area contributed by atoms with Gasteiger partial charge in [0.25, 0.3) is 0 Å². The molecule has 0 radical (unpaired) electrons. The van der Waals surface area contributed by atoms with Crippen molar-refractivity contribution in [3.05, 3.63) is 79.9 Å². The molecular formula is C36H53Cl2SiZr. The summed E-state index contributed by atoms with van der Waals surface area (Å²) in [4.78, 5) is 0. The van der Waals surface area contributed by atoms with Gasteiger partial charge in [0.15, 0.2) is 0 Å². The molecule has 4 rings (SSSR count). The van der Waals surface area contributed by atoms with Gasteiger partial charge in [-0.3, -0.25) is 0 Å². The molecule has 0 amide bonds. The van der Waals surface area contributed by atoms with Crippen LogP contribution in [-0.2, 0) is 28.4 Å². The second-order valence-corrected chi connectivity index (χ2v) is 55.9. The Morgan fingerprint density at radius 3 is 1.32 bits per heavy atom. The fourth-order valence-electron chi connectivity index (χ4n) is 8.19. The molecule has 0 heterocycles. The van der Waals surface area contributed by atoms with Gasteiger partial charge in [-0.2, -0.15) is 0 Å². The molecule has 4 heteroatoms. The Balaban J connectivity index is 1.98. The topological polar surface area (TPSA) is 0 Å². The Kier molecular flexibility index (Phi) is 10.0. The zero-order valence-corrected chi connectivity index (χ0v) is 32.1. The Hall–Kier alpha value is -0.400. The van der Waals surface area contributed by atoms with Crippen molar-refractivity contribution in [3.63, 3.8) is 0 Å². The van der Waals surface area contributed by atoms with E-state index in [9.17, 15) is 0 Å². The van der Waals surface area contributed by atoms with Gasteiger partial charge in [-0.1, -0.05) is 0 Å². The molecule has 0 spiro atoms. The summed E-state index contributed by atoms with van der Waals surface area (Å²) in [6, 6.07) is 9.54. The molecule has 0 N–H and O–H groups in total. The van der Waals surface area contributed by atoms with E-state index in [1.54, 1.807) is 0 Å². The number of aryl methyl sites for hydroxylation is 4. The SMILES string of the molecule is CCCCCc1ccc(C)c2c1C(C)=C(C)[CH]2[Zr]([Cl])([Cl])([CH]1C(C)=C(C)c2c(CCCCC)ccc(C)c21)[SiH](C)C. The van der Waals surface area contributed by atoms with Crippen molar-refractivity contribution in [1.29, 1.82) is 0 Å². The molecule has 0 fully saturated rings. The van der Waals surface area contributed by atoms with Crippen LogP contribution >= 0.6 is 17.0 Å². The summed E-state index contributed by atoms with van der Waals surface area (Å²) in [6.07, 6.45) is 9.85. The minimum atomic E-state index is -4.67. The van der Waals surface area contributed by atoms with Crippen molar-refractivity contribution >= 4 is 34.1 Å². The number of hydrogen-bond donors (Lipinski definition) is 0. The summed E-state index contributed by atoms with van der Waals surface area (Å²) in [6.45, 7) is 23.6. The first kappa shape index (κ1) is 32.5. The fourth-order valence-corrected chi connectivity index (χ4v) is 41.2. The summed E-state index contributed by atoms with van der Waals surface area (Å²) in [5, 5.41) is 0. The first-order chi connectivity index (χ1) is 18.8. The van der Waals surface area contributed by atoms with Crippen molar-refractivity contribution in [3.8, 4) is 0 Å². The van der Waals surface area contributed by atoms with Crippen molar-refractivity contribution in [2.45, 2.75) is 127 Å². The zero-order chi connectivity index (χ0) is 29.6.